The SMILES string of the molecule is O=C(N1C=CC=CC1)C(Cl)(Cl)CCl. The molecular weight excluding hydrogens is 232 g/mol. The Balaban J connectivity index is 2.68. The Morgan fingerprint density at radius 3 is 2.62 bits per heavy atom. The maximum Gasteiger partial charge on any atom is 0.264 e. The average Bonchev–Trinajstić information content (AvgIpc) is 2.18. The van der Waals surface area contributed by atoms with Crippen molar-refractivity contribution in [3.63, 3.8) is 0 Å². The molecule has 0 saturated carbocycles. The highest BCUT2D eigenvalue weighted by Crippen LogP contribution is 2.25. The summed E-state index contributed by atoms with van der Waals surface area (Å²) >= 11 is 16.8. The first kappa shape index (κ1) is 10.9. The fourth-order valence-corrected chi connectivity index (χ4v) is 1.22. The molecule has 1 heterocycles. The summed E-state index contributed by atoms with van der Waals surface area (Å²) in [6.45, 7) is 0.480. The topological polar surface area (TPSA) is 20.3 Å². The monoisotopic (exact) mass is 239 g/mol. The van der Waals surface area contributed by atoms with Gasteiger partial charge < -0.3 is 4.90 Å². The molecule has 0 aromatic carbocycles. The summed E-state index contributed by atoms with van der Waals surface area (Å²) in [5, 5.41) is 0. The number of alkyl halides is 3. The van der Waals surface area contributed by atoms with Gasteiger partial charge in [0, 0.05) is 12.7 Å². The maximum absolute atomic E-state index is 11.5. The number of allylic oxidation sites excluding steroid dienone is 2. The van der Waals surface area contributed by atoms with E-state index in [2.05, 4.69) is 0 Å². The van der Waals surface area contributed by atoms with Crippen LogP contribution in [0.2, 0.25) is 0 Å². The zero-order chi connectivity index (χ0) is 9.90. The second kappa shape index (κ2) is 4.36. The lowest BCUT2D eigenvalue weighted by Crippen LogP contribution is -2.41. The highest BCUT2D eigenvalue weighted by atomic mass is 35.5. The summed E-state index contributed by atoms with van der Waals surface area (Å²) in [6, 6.07) is 0. The Labute approximate surface area is 91.7 Å². The minimum absolute atomic E-state index is 0.122. The minimum Gasteiger partial charge on any atom is -0.313 e. The molecule has 0 unspecified atom stereocenters. The van der Waals surface area contributed by atoms with Crippen LogP contribution < -0.4 is 0 Å². The van der Waals surface area contributed by atoms with Crippen molar-refractivity contribution in [2.45, 2.75) is 4.33 Å². The van der Waals surface area contributed by atoms with E-state index < -0.39 is 10.2 Å². The first-order valence-corrected chi connectivity index (χ1v) is 4.95. The third-order valence-electron chi connectivity index (χ3n) is 1.56. The average molecular weight is 241 g/mol. The van der Waals surface area contributed by atoms with Crippen LogP contribution in [0, 0.1) is 0 Å². The molecule has 0 fully saturated rings. The lowest BCUT2D eigenvalue weighted by Gasteiger charge is -2.24. The van der Waals surface area contributed by atoms with E-state index in [0.717, 1.165) is 0 Å². The van der Waals surface area contributed by atoms with Gasteiger partial charge >= 0.3 is 0 Å². The smallest absolute Gasteiger partial charge is 0.264 e. The fourth-order valence-electron chi connectivity index (χ4n) is 0.885. The van der Waals surface area contributed by atoms with E-state index in [1.165, 1.54) is 4.90 Å². The lowest BCUT2D eigenvalue weighted by molar-refractivity contribution is -0.128. The standard InChI is InChI=1S/C8H8Cl3NO/c9-6-8(10,11)7(13)12-4-2-1-3-5-12/h1-4H,5-6H2. The van der Waals surface area contributed by atoms with Gasteiger partial charge in [0.05, 0.1) is 5.88 Å². The number of hydrogen-bond acceptors (Lipinski definition) is 1. The van der Waals surface area contributed by atoms with Crippen molar-refractivity contribution in [3.8, 4) is 0 Å². The van der Waals surface area contributed by atoms with Crippen LogP contribution in [-0.2, 0) is 4.79 Å². The van der Waals surface area contributed by atoms with Crippen molar-refractivity contribution in [3.05, 3.63) is 24.4 Å². The van der Waals surface area contributed by atoms with Gasteiger partial charge in [-0.2, -0.15) is 0 Å². The van der Waals surface area contributed by atoms with E-state index in [1.807, 2.05) is 12.2 Å². The molecule has 72 valence electrons. The van der Waals surface area contributed by atoms with Crippen molar-refractivity contribution in [1.29, 1.82) is 0 Å². The van der Waals surface area contributed by atoms with Crippen molar-refractivity contribution in [1.82, 2.24) is 4.90 Å². The van der Waals surface area contributed by atoms with E-state index in [-0.39, 0.29) is 5.88 Å². The van der Waals surface area contributed by atoms with Crippen molar-refractivity contribution < 1.29 is 4.79 Å². The molecule has 0 aromatic heterocycles. The Kier molecular flexibility index (Phi) is 3.65. The molecule has 13 heavy (non-hydrogen) atoms. The summed E-state index contributed by atoms with van der Waals surface area (Å²) in [6.07, 6.45) is 7.03. The van der Waals surface area contributed by atoms with Gasteiger partial charge in [0.2, 0.25) is 4.33 Å². The molecule has 1 aliphatic heterocycles. The van der Waals surface area contributed by atoms with Gasteiger partial charge in [-0.15, -0.1) is 11.6 Å². The largest absolute Gasteiger partial charge is 0.313 e. The molecule has 0 aliphatic carbocycles. The summed E-state index contributed by atoms with van der Waals surface area (Å²) < 4.78 is -1.53. The van der Waals surface area contributed by atoms with Crippen LogP contribution in [0.4, 0.5) is 0 Å². The van der Waals surface area contributed by atoms with Crippen LogP contribution in [0.15, 0.2) is 24.4 Å². The number of carbonyl (C=O) groups excluding carboxylic acids is 1. The number of nitrogens with zero attached hydrogens (tertiary/aromatic N) is 1. The van der Waals surface area contributed by atoms with Crippen LogP contribution in [0.25, 0.3) is 0 Å². The van der Waals surface area contributed by atoms with Crippen LogP contribution in [0.3, 0.4) is 0 Å². The minimum atomic E-state index is -1.53. The second-order valence-electron chi connectivity index (χ2n) is 2.57. The van der Waals surface area contributed by atoms with E-state index >= 15 is 0 Å². The molecule has 2 nitrogen and oxygen atoms in total. The summed E-state index contributed by atoms with van der Waals surface area (Å²) in [5.74, 6) is -0.519. The molecule has 1 rings (SSSR count). The molecule has 1 aliphatic rings. The molecule has 0 atom stereocenters. The number of amides is 1. The van der Waals surface area contributed by atoms with Gasteiger partial charge in [-0.25, -0.2) is 0 Å². The first-order chi connectivity index (χ1) is 6.08. The molecule has 0 aromatic rings. The number of carbonyl (C=O) groups is 1. The molecule has 0 saturated heterocycles. The Morgan fingerprint density at radius 1 is 1.46 bits per heavy atom. The Hall–Kier alpha value is -0.180. The third-order valence-corrected chi connectivity index (χ3v) is 2.82. The Morgan fingerprint density at radius 2 is 2.15 bits per heavy atom. The lowest BCUT2D eigenvalue weighted by atomic mass is 10.3. The van der Waals surface area contributed by atoms with Crippen LogP contribution in [0.5, 0.6) is 0 Å². The van der Waals surface area contributed by atoms with Gasteiger partial charge in [0.25, 0.3) is 5.91 Å². The first-order valence-electron chi connectivity index (χ1n) is 3.66. The van der Waals surface area contributed by atoms with Crippen molar-refractivity contribution in [2.75, 3.05) is 12.4 Å². The second-order valence-corrected chi connectivity index (χ2v) is 4.32. The summed E-state index contributed by atoms with van der Waals surface area (Å²) in [7, 11) is 0. The molecular formula is C8H8Cl3NO. The van der Waals surface area contributed by atoms with Crippen LogP contribution >= 0.6 is 34.8 Å². The van der Waals surface area contributed by atoms with Crippen molar-refractivity contribution in [2.24, 2.45) is 0 Å². The van der Waals surface area contributed by atoms with Crippen molar-refractivity contribution >= 4 is 40.7 Å². The maximum atomic E-state index is 11.5. The molecule has 0 N–H and O–H groups in total. The van der Waals surface area contributed by atoms with E-state index in [9.17, 15) is 4.79 Å². The highest BCUT2D eigenvalue weighted by molar-refractivity contribution is 6.60. The van der Waals surface area contributed by atoms with E-state index in [1.54, 1.807) is 12.3 Å². The zero-order valence-corrected chi connectivity index (χ0v) is 8.98. The predicted molar refractivity (Wildman–Crippen MR) is 55.2 cm³/mol. The van der Waals surface area contributed by atoms with Crippen LogP contribution in [0.1, 0.15) is 0 Å². The fraction of sp³-hybridized carbons (Fsp3) is 0.375. The molecule has 0 radical (unpaired) electrons. The number of halogens is 3. The number of hydrogen-bond donors (Lipinski definition) is 0. The normalized spacial score (nSPS) is 16.4. The van der Waals surface area contributed by atoms with Gasteiger partial charge in [0.1, 0.15) is 0 Å². The predicted octanol–water partition coefficient (Wildman–Crippen LogP) is 2.31. The molecule has 0 spiro atoms. The molecule has 0 bridgehead atoms. The Bertz CT molecular complexity index is 260. The number of rotatable bonds is 2. The van der Waals surface area contributed by atoms with Gasteiger partial charge in [0.15, 0.2) is 0 Å². The highest BCUT2D eigenvalue weighted by Gasteiger charge is 2.35. The van der Waals surface area contributed by atoms with E-state index in [0.29, 0.717) is 6.54 Å². The van der Waals surface area contributed by atoms with Gasteiger partial charge in [-0.1, -0.05) is 35.4 Å². The third kappa shape index (κ3) is 2.63. The van der Waals surface area contributed by atoms with Crippen LogP contribution in [-0.4, -0.2) is 27.6 Å². The van der Waals surface area contributed by atoms with Gasteiger partial charge in [-0.3, -0.25) is 4.79 Å². The van der Waals surface area contributed by atoms with Gasteiger partial charge in [-0.05, 0) is 6.08 Å². The zero-order valence-electron chi connectivity index (χ0n) is 6.71. The summed E-state index contributed by atoms with van der Waals surface area (Å²) in [4.78, 5) is 13.0. The molecule has 5 heteroatoms. The van der Waals surface area contributed by atoms with E-state index in [4.69, 9.17) is 34.8 Å². The quantitative estimate of drug-likeness (QED) is 0.678. The summed E-state index contributed by atoms with van der Waals surface area (Å²) in [5.41, 5.74) is 0. The molecule has 1 amide bonds.